The predicted molar refractivity (Wildman–Crippen MR) is 98.5 cm³/mol. The van der Waals surface area contributed by atoms with Gasteiger partial charge in [0.15, 0.2) is 0 Å². The summed E-state index contributed by atoms with van der Waals surface area (Å²) in [6.45, 7) is 11.3. The van der Waals surface area contributed by atoms with Crippen molar-refractivity contribution in [3.05, 3.63) is 47.2 Å². The molecule has 140 valence electrons. The van der Waals surface area contributed by atoms with Gasteiger partial charge in [0.1, 0.15) is 11.8 Å². The summed E-state index contributed by atoms with van der Waals surface area (Å²) in [7, 11) is 0. The molecule has 0 saturated carbocycles. The molecular weight excluding hydrogens is 330 g/mol. The summed E-state index contributed by atoms with van der Waals surface area (Å²) in [5, 5.41) is 0. The van der Waals surface area contributed by atoms with E-state index in [0.717, 1.165) is 48.9 Å². The van der Waals surface area contributed by atoms with Crippen LogP contribution in [0.2, 0.25) is 0 Å². The van der Waals surface area contributed by atoms with Gasteiger partial charge < -0.3 is 18.8 Å². The highest BCUT2D eigenvalue weighted by molar-refractivity contribution is 6.00. The van der Waals surface area contributed by atoms with E-state index in [-0.39, 0.29) is 17.7 Å². The Morgan fingerprint density at radius 1 is 1.27 bits per heavy atom. The van der Waals surface area contributed by atoms with Gasteiger partial charge in [0.25, 0.3) is 0 Å². The number of aromatic nitrogens is 1. The number of rotatable bonds is 5. The molecule has 0 aromatic carbocycles. The first-order valence-electron chi connectivity index (χ1n) is 9.22. The fraction of sp³-hybridized carbons (Fsp3) is 0.500. The fourth-order valence-electron chi connectivity index (χ4n) is 3.81. The van der Waals surface area contributed by atoms with Gasteiger partial charge in [-0.3, -0.25) is 9.59 Å². The van der Waals surface area contributed by atoms with Crippen molar-refractivity contribution in [2.45, 2.75) is 40.3 Å². The Kier molecular flexibility index (Phi) is 5.32. The van der Waals surface area contributed by atoms with Crippen molar-refractivity contribution in [3.8, 4) is 0 Å². The third kappa shape index (κ3) is 3.60. The third-order valence-corrected chi connectivity index (χ3v) is 5.59. The van der Waals surface area contributed by atoms with Gasteiger partial charge >= 0.3 is 0 Å². The number of aryl methyl sites for hydroxylation is 1. The molecule has 0 aliphatic carbocycles. The Bertz CT molecular complexity index is 784. The number of carbonyl (C=O) groups is 2. The molecule has 0 unspecified atom stereocenters. The highest BCUT2D eigenvalue weighted by Gasteiger charge is 2.32. The average molecular weight is 358 g/mol. The summed E-state index contributed by atoms with van der Waals surface area (Å²) in [5.74, 6) is 1.17. The molecule has 0 bridgehead atoms. The van der Waals surface area contributed by atoms with Crippen LogP contribution in [0.25, 0.3) is 0 Å². The monoisotopic (exact) mass is 358 g/mol. The smallest absolute Gasteiger partial charge is 0.221 e. The fourth-order valence-corrected chi connectivity index (χ4v) is 3.81. The highest BCUT2D eigenvalue weighted by atomic mass is 16.3. The minimum Gasteiger partial charge on any atom is -0.467 e. The largest absolute Gasteiger partial charge is 0.467 e. The lowest BCUT2D eigenvalue weighted by Crippen LogP contribution is -3.18. The number of Topliss-reactive ketones (excluding diaryl/α,β-unsaturated/α-hetero) is 1. The molecule has 3 rings (SSSR count). The molecule has 1 amide bonds. The van der Waals surface area contributed by atoms with E-state index in [1.165, 1.54) is 4.90 Å². The number of hydrogen-bond acceptors (Lipinski definition) is 3. The second-order valence-corrected chi connectivity index (χ2v) is 7.20. The molecular formula is C20H28N3O3+. The van der Waals surface area contributed by atoms with Crippen molar-refractivity contribution in [1.82, 2.24) is 9.47 Å². The zero-order chi connectivity index (χ0) is 18.8. The molecule has 0 spiro atoms. The first-order chi connectivity index (χ1) is 12.4. The van der Waals surface area contributed by atoms with Crippen LogP contribution >= 0.6 is 0 Å². The van der Waals surface area contributed by atoms with Gasteiger partial charge in [-0.2, -0.15) is 0 Å². The van der Waals surface area contributed by atoms with Crippen LogP contribution in [0.4, 0.5) is 0 Å². The van der Waals surface area contributed by atoms with Gasteiger partial charge in [0.2, 0.25) is 11.7 Å². The third-order valence-electron chi connectivity index (χ3n) is 5.59. The van der Waals surface area contributed by atoms with Crippen LogP contribution in [0.15, 0.2) is 28.9 Å². The lowest BCUT2D eigenvalue weighted by Gasteiger charge is -2.34. The number of carbonyl (C=O) groups excluding carboxylic acids is 2. The van der Waals surface area contributed by atoms with Crippen molar-refractivity contribution >= 4 is 11.7 Å². The van der Waals surface area contributed by atoms with Crippen LogP contribution in [0.3, 0.4) is 0 Å². The second-order valence-electron chi connectivity index (χ2n) is 7.20. The Labute approximate surface area is 154 Å². The van der Waals surface area contributed by atoms with Crippen molar-refractivity contribution in [2.75, 3.05) is 26.2 Å². The minimum atomic E-state index is -0.110. The molecule has 1 atom stereocenters. The summed E-state index contributed by atoms with van der Waals surface area (Å²) in [6, 6.07) is 5.70. The first kappa shape index (κ1) is 18.5. The standard InChI is InChI=1S/C20H27N3O3/c1-14-12-19(15(2)23(14)13-18-6-5-11-26-18)20(25)16(3)21-7-9-22(10-8-21)17(4)24/h5-6,11-12,16H,7-10,13H2,1-4H3/p+1/t16-/m0/s1. The molecule has 6 heteroatoms. The topological polar surface area (TPSA) is 59.9 Å². The SMILES string of the molecule is CC(=O)N1CC[NH+]([C@@H](C)C(=O)c2cc(C)n(Cc3ccco3)c2C)CC1. The number of nitrogens with zero attached hydrogens (tertiary/aromatic N) is 2. The Morgan fingerprint density at radius 3 is 2.54 bits per heavy atom. The number of piperazine rings is 1. The number of nitrogens with one attached hydrogen (secondary N) is 1. The van der Waals surface area contributed by atoms with Crippen LogP contribution in [0.5, 0.6) is 0 Å². The van der Waals surface area contributed by atoms with Crippen molar-refractivity contribution in [1.29, 1.82) is 0 Å². The molecule has 0 radical (unpaired) electrons. The van der Waals surface area contributed by atoms with E-state index in [9.17, 15) is 9.59 Å². The Morgan fingerprint density at radius 2 is 1.96 bits per heavy atom. The molecule has 1 N–H and O–H groups in total. The maximum absolute atomic E-state index is 13.1. The summed E-state index contributed by atoms with van der Waals surface area (Å²) >= 11 is 0. The van der Waals surface area contributed by atoms with E-state index in [4.69, 9.17) is 4.42 Å². The molecule has 6 nitrogen and oxygen atoms in total. The maximum Gasteiger partial charge on any atom is 0.221 e. The number of hydrogen-bond donors (Lipinski definition) is 1. The van der Waals surface area contributed by atoms with Gasteiger partial charge in [-0.1, -0.05) is 0 Å². The molecule has 2 aromatic rings. The molecule has 2 aromatic heterocycles. The Balaban J connectivity index is 1.72. The van der Waals surface area contributed by atoms with Gasteiger partial charge in [0.05, 0.1) is 39.0 Å². The summed E-state index contributed by atoms with van der Waals surface area (Å²) < 4.78 is 7.57. The number of furan rings is 1. The minimum absolute atomic E-state index is 0.110. The molecule has 26 heavy (non-hydrogen) atoms. The Hall–Kier alpha value is -2.34. The quantitative estimate of drug-likeness (QED) is 0.814. The second kappa shape index (κ2) is 7.50. The predicted octanol–water partition coefficient (Wildman–Crippen LogP) is 1.06. The summed E-state index contributed by atoms with van der Waals surface area (Å²) in [6.07, 6.45) is 1.67. The average Bonchev–Trinajstić information content (AvgIpc) is 3.24. The zero-order valence-corrected chi connectivity index (χ0v) is 16.0. The van der Waals surface area contributed by atoms with Gasteiger partial charge in [-0.05, 0) is 39.0 Å². The van der Waals surface area contributed by atoms with Crippen LogP contribution in [-0.4, -0.2) is 53.4 Å². The number of quaternary nitrogens is 1. The van der Waals surface area contributed by atoms with Crippen LogP contribution in [0, 0.1) is 13.8 Å². The van der Waals surface area contributed by atoms with Crippen molar-refractivity contribution < 1.29 is 18.9 Å². The van der Waals surface area contributed by atoms with Gasteiger partial charge in [-0.15, -0.1) is 0 Å². The van der Waals surface area contributed by atoms with Crippen molar-refractivity contribution in [3.63, 3.8) is 0 Å². The summed E-state index contributed by atoms with van der Waals surface area (Å²) in [4.78, 5) is 27.7. The normalized spacial score (nSPS) is 16.7. The molecule has 3 heterocycles. The van der Waals surface area contributed by atoms with Crippen LogP contribution in [-0.2, 0) is 11.3 Å². The first-order valence-corrected chi connectivity index (χ1v) is 9.22. The summed E-state index contributed by atoms with van der Waals surface area (Å²) in [5.41, 5.74) is 2.84. The lowest BCUT2D eigenvalue weighted by atomic mass is 10.0. The molecule has 1 saturated heterocycles. The highest BCUT2D eigenvalue weighted by Crippen LogP contribution is 2.18. The van der Waals surface area contributed by atoms with E-state index >= 15 is 0 Å². The van der Waals surface area contributed by atoms with Gasteiger partial charge in [0, 0.05) is 23.9 Å². The van der Waals surface area contributed by atoms with Crippen molar-refractivity contribution in [2.24, 2.45) is 0 Å². The van der Waals surface area contributed by atoms with E-state index in [1.807, 2.05) is 43.9 Å². The van der Waals surface area contributed by atoms with E-state index in [2.05, 4.69) is 4.57 Å². The maximum atomic E-state index is 13.1. The number of amides is 1. The van der Waals surface area contributed by atoms with Crippen LogP contribution in [0.1, 0.15) is 41.4 Å². The molecule has 1 aliphatic rings. The number of ketones is 1. The van der Waals surface area contributed by atoms with Gasteiger partial charge in [-0.25, -0.2) is 0 Å². The lowest BCUT2D eigenvalue weighted by molar-refractivity contribution is -0.917. The molecule has 1 fully saturated rings. The van der Waals surface area contributed by atoms with E-state index in [0.29, 0.717) is 6.54 Å². The zero-order valence-electron chi connectivity index (χ0n) is 16.0. The van der Waals surface area contributed by atoms with E-state index in [1.54, 1.807) is 13.2 Å². The van der Waals surface area contributed by atoms with Crippen LogP contribution < -0.4 is 4.90 Å². The molecule has 1 aliphatic heterocycles. The van der Waals surface area contributed by atoms with E-state index < -0.39 is 0 Å².